The highest BCUT2D eigenvalue weighted by molar-refractivity contribution is 6.10. The van der Waals surface area contributed by atoms with Gasteiger partial charge in [-0.1, -0.05) is 29.8 Å². The molecule has 0 aliphatic carbocycles. The Bertz CT molecular complexity index is 799. The molecule has 0 radical (unpaired) electrons. The van der Waals surface area contributed by atoms with Crippen molar-refractivity contribution in [3.05, 3.63) is 59.2 Å². The minimum Gasteiger partial charge on any atom is -0.496 e. The Hall–Kier alpha value is -2.66. The Kier molecular flexibility index (Phi) is 3.66. The van der Waals surface area contributed by atoms with E-state index in [4.69, 9.17) is 4.74 Å². The van der Waals surface area contributed by atoms with Crippen LogP contribution in [0.2, 0.25) is 0 Å². The zero-order valence-corrected chi connectivity index (χ0v) is 12.9. The highest BCUT2D eigenvalue weighted by Crippen LogP contribution is 2.40. The number of fused-ring (bicyclic) bond motifs is 1. The van der Waals surface area contributed by atoms with Crippen molar-refractivity contribution in [1.82, 2.24) is 0 Å². The Morgan fingerprint density at radius 3 is 2.74 bits per heavy atom. The molecule has 2 aromatic carbocycles. The summed E-state index contributed by atoms with van der Waals surface area (Å²) in [5.41, 5.74) is 0.363. The van der Waals surface area contributed by atoms with Gasteiger partial charge in [0.2, 0.25) is 0 Å². The van der Waals surface area contributed by atoms with Crippen LogP contribution in [-0.4, -0.2) is 23.9 Å². The lowest BCUT2D eigenvalue weighted by atomic mass is 9.87. The van der Waals surface area contributed by atoms with Crippen LogP contribution in [0.25, 0.3) is 0 Å². The van der Waals surface area contributed by atoms with Crippen molar-refractivity contribution < 1.29 is 19.4 Å². The van der Waals surface area contributed by atoms with E-state index in [1.165, 1.54) is 7.11 Å². The van der Waals surface area contributed by atoms with E-state index in [0.29, 0.717) is 22.6 Å². The normalized spacial score (nSPS) is 19.2. The predicted molar refractivity (Wildman–Crippen MR) is 85.6 cm³/mol. The maximum Gasteiger partial charge on any atom is 0.261 e. The molecule has 1 amide bonds. The number of hydrogen-bond acceptors (Lipinski definition) is 4. The standard InChI is InChI=1S/C18H17NO4/c1-11-7-8-14-13(9-11)18(22,17(21)19-14)10-15(20)12-5-3-4-6-16(12)23-2/h3-9,22H,10H2,1-2H3,(H,19,21). The molecule has 2 N–H and O–H groups in total. The fourth-order valence-electron chi connectivity index (χ4n) is 2.84. The van der Waals surface area contributed by atoms with E-state index in [9.17, 15) is 14.7 Å². The number of carbonyl (C=O) groups excluding carboxylic acids is 2. The van der Waals surface area contributed by atoms with Gasteiger partial charge in [0.1, 0.15) is 5.75 Å². The topological polar surface area (TPSA) is 75.6 Å². The lowest BCUT2D eigenvalue weighted by molar-refractivity contribution is -0.133. The first-order chi connectivity index (χ1) is 11.0. The van der Waals surface area contributed by atoms with Crippen LogP contribution in [0.5, 0.6) is 5.75 Å². The number of aliphatic hydroxyl groups is 1. The second-order valence-corrected chi connectivity index (χ2v) is 5.66. The summed E-state index contributed by atoms with van der Waals surface area (Å²) < 4.78 is 5.18. The molecule has 0 saturated heterocycles. The number of ketones is 1. The molecule has 0 bridgehead atoms. The summed E-state index contributed by atoms with van der Waals surface area (Å²) in [4.78, 5) is 24.8. The summed E-state index contributed by atoms with van der Waals surface area (Å²) in [5, 5.41) is 13.5. The maximum atomic E-state index is 12.6. The van der Waals surface area contributed by atoms with Crippen LogP contribution in [-0.2, 0) is 10.4 Å². The average Bonchev–Trinajstić information content (AvgIpc) is 2.78. The fourth-order valence-corrected chi connectivity index (χ4v) is 2.84. The number of rotatable bonds is 4. The number of carbonyl (C=O) groups is 2. The zero-order chi connectivity index (χ0) is 16.6. The number of nitrogens with one attached hydrogen (secondary N) is 1. The average molecular weight is 311 g/mol. The van der Waals surface area contributed by atoms with Crippen LogP contribution >= 0.6 is 0 Å². The molecule has 23 heavy (non-hydrogen) atoms. The second kappa shape index (κ2) is 5.52. The lowest BCUT2D eigenvalue weighted by Gasteiger charge is -2.20. The van der Waals surface area contributed by atoms with Crippen LogP contribution in [0, 0.1) is 6.92 Å². The first-order valence-electron chi connectivity index (χ1n) is 7.27. The van der Waals surface area contributed by atoms with Gasteiger partial charge in [-0.25, -0.2) is 0 Å². The second-order valence-electron chi connectivity index (χ2n) is 5.66. The van der Waals surface area contributed by atoms with Crippen molar-refractivity contribution in [3.8, 4) is 5.75 Å². The number of anilines is 1. The smallest absolute Gasteiger partial charge is 0.261 e. The number of Topliss-reactive ketones (excluding diaryl/α,β-unsaturated/α-hetero) is 1. The van der Waals surface area contributed by atoms with Crippen molar-refractivity contribution >= 4 is 17.4 Å². The van der Waals surface area contributed by atoms with Gasteiger partial charge in [-0.2, -0.15) is 0 Å². The van der Waals surface area contributed by atoms with E-state index in [1.807, 2.05) is 13.0 Å². The van der Waals surface area contributed by atoms with Gasteiger partial charge in [-0.15, -0.1) is 0 Å². The summed E-state index contributed by atoms with van der Waals surface area (Å²) in [7, 11) is 1.47. The number of amides is 1. The van der Waals surface area contributed by atoms with Crippen molar-refractivity contribution in [3.63, 3.8) is 0 Å². The minimum atomic E-state index is -1.86. The van der Waals surface area contributed by atoms with E-state index >= 15 is 0 Å². The van der Waals surface area contributed by atoms with Gasteiger partial charge in [0.15, 0.2) is 11.4 Å². The van der Waals surface area contributed by atoms with Gasteiger partial charge >= 0.3 is 0 Å². The van der Waals surface area contributed by atoms with E-state index in [0.717, 1.165) is 5.56 Å². The number of methoxy groups -OCH3 is 1. The van der Waals surface area contributed by atoms with Crippen molar-refractivity contribution in [1.29, 1.82) is 0 Å². The number of hydrogen-bond donors (Lipinski definition) is 2. The van der Waals surface area contributed by atoms with E-state index in [2.05, 4.69) is 5.32 Å². The van der Waals surface area contributed by atoms with Gasteiger partial charge in [-0.3, -0.25) is 9.59 Å². The number of benzene rings is 2. The summed E-state index contributed by atoms with van der Waals surface area (Å²) in [6.45, 7) is 1.87. The molecule has 0 fully saturated rings. The fraction of sp³-hybridized carbons (Fsp3) is 0.222. The molecule has 3 rings (SSSR count). The van der Waals surface area contributed by atoms with Crippen LogP contribution in [0.3, 0.4) is 0 Å². The van der Waals surface area contributed by atoms with Gasteiger partial charge in [0.25, 0.3) is 5.91 Å². The van der Waals surface area contributed by atoms with Crippen LogP contribution in [0.4, 0.5) is 5.69 Å². The van der Waals surface area contributed by atoms with E-state index in [-0.39, 0.29) is 12.2 Å². The Morgan fingerprint density at radius 2 is 2.00 bits per heavy atom. The molecule has 1 aliphatic heterocycles. The van der Waals surface area contributed by atoms with Crippen molar-refractivity contribution in [2.45, 2.75) is 18.9 Å². The third-order valence-electron chi connectivity index (χ3n) is 4.07. The maximum absolute atomic E-state index is 12.6. The molecule has 5 nitrogen and oxygen atoms in total. The number of para-hydroxylation sites is 1. The highest BCUT2D eigenvalue weighted by atomic mass is 16.5. The van der Waals surface area contributed by atoms with Gasteiger partial charge in [0.05, 0.1) is 19.1 Å². The first kappa shape index (κ1) is 15.2. The molecule has 1 aliphatic rings. The highest BCUT2D eigenvalue weighted by Gasteiger charge is 2.47. The van der Waals surface area contributed by atoms with E-state index < -0.39 is 11.5 Å². The molecule has 1 unspecified atom stereocenters. The molecule has 5 heteroatoms. The monoisotopic (exact) mass is 311 g/mol. The Balaban J connectivity index is 1.98. The molecule has 1 heterocycles. The molecule has 2 aromatic rings. The van der Waals surface area contributed by atoms with Crippen molar-refractivity contribution in [2.24, 2.45) is 0 Å². The Morgan fingerprint density at radius 1 is 1.26 bits per heavy atom. The molecule has 118 valence electrons. The van der Waals surface area contributed by atoms with Crippen LogP contribution in [0.1, 0.15) is 27.9 Å². The number of ether oxygens (including phenoxy) is 1. The number of aryl methyl sites for hydroxylation is 1. The lowest BCUT2D eigenvalue weighted by Crippen LogP contribution is -2.36. The molecular weight excluding hydrogens is 294 g/mol. The van der Waals surface area contributed by atoms with Crippen LogP contribution in [0.15, 0.2) is 42.5 Å². The van der Waals surface area contributed by atoms with Gasteiger partial charge in [0, 0.05) is 11.3 Å². The quantitative estimate of drug-likeness (QED) is 0.850. The largest absolute Gasteiger partial charge is 0.496 e. The molecule has 0 spiro atoms. The third kappa shape index (κ3) is 2.49. The summed E-state index contributed by atoms with van der Waals surface area (Å²) in [6, 6.07) is 12.1. The summed E-state index contributed by atoms with van der Waals surface area (Å²) in [6.07, 6.45) is -0.338. The molecule has 1 atom stereocenters. The molecular formula is C18H17NO4. The SMILES string of the molecule is COc1ccccc1C(=O)CC1(O)C(=O)Nc2ccc(C)cc21. The Labute approximate surface area is 133 Å². The van der Waals surface area contributed by atoms with Crippen molar-refractivity contribution in [2.75, 3.05) is 12.4 Å². The van der Waals surface area contributed by atoms with Gasteiger partial charge < -0.3 is 15.2 Å². The predicted octanol–water partition coefficient (Wildman–Crippen LogP) is 2.42. The zero-order valence-electron chi connectivity index (χ0n) is 12.9. The van der Waals surface area contributed by atoms with Gasteiger partial charge in [-0.05, 0) is 25.1 Å². The summed E-state index contributed by atoms with van der Waals surface area (Å²) >= 11 is 0. The third-order valence-corrected chi connectivity index (χ3v) is 4.07. The minimum absolute atomic E-state index is 0.338. The first-order valence-corrected chi connectivity index (χ1v) is 7.27. The summed E-state index contributed by atoms with van der Waals surface area (Å²) in [5.74, 6) is -0.514. The molecule has 0 saturated carbocycles. The molecule has 0 aromatic heterocycles. The van der Waals surface area contributed by atoms with Crippen LogP contribution < -0.4 is 10.1 Å². The van der Waals surface area contributed by atoms with E-state index in [1.54, 1.807) is 36.4 Å².